The molecule has 4 heteroatoms. The van der Waals surface area contributed by atoms with Gasteiger partial charge < -0.3 is 14.8 Å². The Labute approximate surface area is 128 Å². The van der Waals surface area contributed by atoms with Gasteiger partial charge in [0.05, 0.1) is 13.2 Å². The second-order valence-corrected chi connectivity index (χ2v) is 5.45. The molecule has 1 unspecified atom stereocenters. The van der Waals surface area contributed by atoms with Crippen molar-refractivity contribution in [3.8, 4) is 5.75 Å². The molecule has 1 atom stereocenters. The van der Waals surface area contributed by atoms with Gasteiger partial charge in [-0.25, -0.2) is 0 Å². The van der Waals surface area contributed by atoms with Crippen molar-refractivity contribution >= 4 is 0 Å². The van der Waals surface area contributed by atoms with E-state index in [0.29, 0.717) is 6.04 Å². The Kier molecular flexibility index (Phi) is 7.00. The second kappa shape index (κ2) is 9.03. The van der Waals surface area contributed by atoms with E-state index in [4.69, 9.17) is 9.47 Å². The molecule has 0 radical (unpaired) electrons. The van der Waals surface area contributed by atoms with Gasteiger partial charge in [-0.1, -0.05) is 26.0 Å². The van der Waals surface area contributed by atoms with Gasteiger partial charge in [0.2, 0.25) is 0 Å². The molecule has 1 aliphatic heterocycles. The van der Waals surface area contributed by atoms with E-state index in [1.54, 1.807) is 0 Å². The molecule has 1 N–H and O–H groups in total. The van der Waals surface area contributed by atoms with Crippen molar-refractivity contribution < 1.29 is 9.47 Å². The maximum absolute atomic E-state index is 5.86. The summed E-state index contributed by atoms with van der Waals surface area (Å²) in [6.07, 6.45) is 1.14. The molecule has 1 saturated heterocycles. The van der Waals surface area contributed by atoms with E-state index in [1.165, 1.54) is 5.56 Å². The average molecular weight is 292 g/mol. The van der Waals surface area contributed by atoms with E-state index >= 15 is 0 Å². The third-order valence-corrected chi connectivity index (χ3v) is 3.97. The summed E-state index contributed by atoms with van der Waals surface area (Å²) in [5, 5.41) is 3.32. The highest BCUT2D eigenvalue weighted by atomic mass is 16.5. The Balaban J connectivity index is 1.72. The first kappa shape index (κ1) is 16.3. The van der Waals surface area contributed by atoms with Crippen LogP contribution in [-0.4, -0.2) is 50.4 Å². The van der Waals surface area contributed by atoms with Crippen LogP contribution in [0, 0.1) is 0 Å². The quantitative estimate of drug-likeness (QED) is 0.797. The van der Waals surface area contributed by atoms with Crippen LogP contribution in [0.5, 0.6) is 5.75 Å². The first-order chi connectivity index (χ1) is 10.3. The summed E-state index contributed by atoms with van der Waals surface area (Å²) in [5.41, 5.74) is 1.29. The Bertz CT molecular complexity index is 394. The summed E-state index contributed by atoms with van der Waals surface area (Å²) in [4.78, 5) is 2.48. The molecule has 1 aromatic rings. The van der Waals surface area contributed by atoms with Crippen LogP contribution in [-0.2, 0) is 11.3 Å². The van der Waals surface area contributed by atoms with Gasteiger partial charge in [-0.05, 0) is 30.7 Å². The number of hydrogen-bond donors (Lipinski definition) is 1. The fraction of sp³-hybridized carbons (Fsp3) is 0.647. The molecule has 0 saturated carbocycles. The SMILES string of the molecule is CCNCc1ccc(OCCN2CCOCC2CC)cc1. The molecule has 1 heterocycles. The molecule has 2 rings (SSSR count). The summed E-state index contributed by atoms with van der Waals surface area (Å²) in [6.45, 7) is 10.7. The van der Waals surface area contributed by atoms with Crippen LogP contribution in [0.4, 0.5) is 0 Å². The van der Waals surface area contributed by atoms with Gasteiger partial charge in [0.25, 0.3) is 0 Å². The van der Waals surface area contributed by atoms with Gasteiger partial charge in [-0.3, -0.25) is 4.90 Å². The smallest absolute Gasteiger partial charge is 0.119 e. The topological polar surface area (TPSA) is 33.7 Å². The third-order valence-electron chi connectivity index (χ3n) is 3.97. The van der Waals surface area contributed by atoms with Crippen LogP contribution >= 0.6 is 0 Å². The normalized spacial score (nSPS) is 19.6. The maximum atomic E-state index is 5.86. The molecule has 0 aliphatic carbocycles. The molecule has 0 spiro atoms. The lowest BCUT2D eigenvalue weighted by Crippen LogP contribution is -2.46. The van der Waals surface area contributed by atoms with Crippen LogP contribution in [0.3, 0.4) is 0 Å². The highest BCUT2D eigenvalue weighted by Crippen LogP contribution is 2.13. The lowest BCUT2D eigenvalue weighted by Gasteiger charge is -2.34. The zero-order valence-corrected chi connectivity index (χ0v) is 13.3. The zero-order valence-electron chi connectivity index (χ0n) is 13.3. The lowest BCUT2D eigenvalue weighted by atomic mass is 10.2. The fourth-order valence-electron chi connectivity index (χ4n) is 2.61. The number of benzene rings is 1. The Morgan fingerprint density at radius 1 is 1.29 bits per heavy atom. The van der Waals surface area contributed by atoms with E-state index in [2.05, 4.69) is 48.3 Å². The number of ether oxygens (including phenoxy) is 2. The van der Waals surface area contributed by atoms with E-state index in [9.17, 15) is 0 Å². The Morgan fingerprint density at radius 2 is 2.10 bits per heavy atom. The molecule has 0 aromatic heterocycles. The number of rotatable bonds is 8. The lowest BCUT2D eigenvalue weighted by molar-refractivity contribution is -0.0132. The molecule has 1 aliphatic rings. The van der Waals surface area contributed by atoms with E-state index in [0.717, 1.165) is 58.2 Å². The van der Waals surface area contributed by atoms with Crippen molar-refractivity contribution in [2.24, 2.45) is 0 Å². The van der Waals surface area contributed by atoms with E-state index in [-0.39, 0.29) is 0 Å². The van der Waals surface area contributed by atoms with Crippen molar-refractivity contribution in [2.45, 2.75) is 32.9 Å². The van der Waals surface area contributed by atoms with Gasteiger partial charge in [0.15, 0.2) is 0 Å². The van der Waals surface area contributed by atoms with Crippen molar-refractivity contribution in [1.82, 2.24) is 10.2 Å². The van der Waals surface area contributed by atoms with Gasteiger partial charge in [0, 0.05) is 25.7 Å². The summed E-state index contributed by atoms with van der Waals surface area (Å²) in [5.74, 6) is 0.955. The Morgan fingerprint density at radius 3 is 2.81 bits per heavy atom. The highest BCUT2D eigenvalue weighted by Gasteiger charge is 2.20. The number of nitrogens with one attached hydrogen (secondary N) is 1. The van der Waals surface area contributed by atoms with Crippen LogP contribution < -0.4 is 10.1 Å². The first-order valence-corrected chi connectivity index (χ1v) is 8.07. The molecular formula is C17H28N2O2. The Hall–Kier alpha value is -1.10. The summed E-state index contributed by atoms with van der Waals surface area (Å²) in [6, 6.07) is 8.92. The average Bonchev–Trinajstić information content (AvgIpc) is 2.54. The third kappa shape index (κ3) is 5.30. The van der Waals surface area contributed by atoms with Crippen LogP contribution in [0.1, 0.15) is 25.8 Å². The van der Waals surface area contributed by atoms with Crippen molar-refractivity contribution in [3.05, 3.63) is 29.8 Å². The standard InChI is InChI=1S/C17H28N2O2/c1-3-16-14-20-11-9-19(16)10-12-21-17-7-5-15(6-8-17)13-18-4-2/h5-8,16,18H,3-4,9-14H2,1-2H3. The van der Waals surface area contributed by atoms with Crippen LogP contribution in [0.15, 0.2) is 24.3 Å². The maximum Gasteiger partial charge on any atom is 0.119 e. The number of hydrogen-bond acceptors (Lipinski definition) is 4. The monoisotopic (exact) mass is 292 g/mol. The summed E-state index contributed by atoms with van der Waals surface area (Å²) >= 11 is 0. The summed E-state index contributed by atoms with van der Waals surface area (Å²) < 4.78 is 11.4. The number of nitrogens with zero attached hydrogens (tertiary/aromatic N) is 1. The molecular weight excluding hydrogens is 264 g/mol. The molecule has 0 amide bonds. The molecule has 1 fully saturated rings. The first-order valence-electron chi connectivity index (χ1n) is 8.07. The molecule has 21 heavy (non-hydrogen) atoms. The number of morpholine rings is 1. The van der Waals surface area contributed by atoms with Crippen molar-refractivity contribution in [2.75, 3.05) is 39.5 Å². The largest absolute Gasteiger partial charge is 0.492 e. The van der Waals surface area contributed by atoms with E-state index < -0.39 is 0 Å². The second-order valence-electron chi connectivity index (χ2n) is 5.45. The molecule has 0 bridgehead atoms. The minimum absolute atomic E-state index is 0.546. The fourth-order valence-corrected chi connectivity index (χ4v) is 2.61. The van der Waals surface area contributed by atoms with Crippen LogP contribution in [0.2, 0.25) is 0 Å². The van der Waals surface area contributed by atoms with Gasteiger partial charge in [-0.15, -0.1) is 0 Å². The van der Waals surface area contributed by atoms with Crippen molar-refractivity contribution in [3.63, 3.8) is 0 Å². The molecule has 1 aromatic carbocycles. The minimum Gasteiger partial charge on any atom is -0.492 e. The van der Waals surface area contributed by atoms with Crippen LogP contribution in [0.25, 0.3) is 0 Å². The molecule has 118 valence electrons. The zero-order chi connectivity index (χ0) is 14.9. The van der Waals surface area contributed by atoms with Gasteiger partial charge in [-0.2, -0.15) is 0 Å². The minimum atomic E-state index is 0.546. The predicted molar refractivity (Wildman–Crippen MR) is 85.8 cm³/mol. The summed E-state index contributed by atoms with van der Waals surface area (Å²) in [7, 11) is 0. The van der Waals surface area contributed by atoms with Gasteiger partial charge in [0.1, 0.15) is 12.4 Å². The predicted octanol–water partition coefficient (Wildman–Crippen LogP) is 2.29. The molecule has 4 nitrogen and oxygen atoms in total. The highest BCUT2D eigenvalue weighted by molar-refractivity contribution is 5.27. The van der Waals surface area contributed by atoms with Crippen molar-refractivity contribution in [1.29, 1.82) is 0 Å². The van der Waals surface area contributed by atoms with E-state index in [1.807, 2.05) is 0 Å². The van der Waals surface area contributed by atoms with Gasteiger partial charge >= 0.3 is 0 Å².